The van der Waals surface area contributed by atoms with Gasteiger partial charge in [0.2, 0.25) is 0 Å². The van der Waals surface area contributed by atoms with E-state index in [2.05, 4.69) is 5.32 Å². The first kappa shape index (κ1) is 14.1. The third-order valence-electron chi connectivity index (χ3n) is 2.99. The molecule has 0 saturated heterocycles. The predicted molar refractivity (Wildman–Crippen MR) is 75.0 cm³/mol. The second kappa shape index (κ2) is 6.22. The van der Waals surface area contributed by atoms with Crippen molar-refractivity contribution in [3.05, 3.63) is 58.3 Å². The van der Waals surface area contributed by atoms with Crippen LogP contribution in [-0.2, 0) is 6.42 Å². The lowest BCUT2D eigenvalue weighted by Crippen LogP contribution is -2.22. The highest BCUT2D eigenvalue weighted by atomic mass is 35.5. The van der Waals surface area contributed by atoms with Crippen molar-refractivity contribution in [3.8, 4) is 0 Å². The van der Waals surface area contributed by atoms with Crippen LogP contribution in [0.15, 0.2) is 34.7 Å². The first-order chi connectivity index (χ1) is 9.10. The zero-order valence-electron chi connectivity index (χ0n) is 11.0. The number of nitrogens with one attached hydrogen (secondary N) is 1. The van der Waals surface area contributed by atoms with Gasteiger partial charge in [-0.1, -0.05) is 18.5 Å². The molecule has 0 bridgehead atoms. The molecule has 0 amide bonds. The second-order valence-electron chi connectivity index (χ2n) is 4.50. The summed E-state index contributed by atoms with van der Waals surface area (Å²) in [5.41, 5.74) is 0.779. The van der Waals surface area contributed by atoms with E-state index in [1.54, 1.807) is 6.07 Å². The van der Waals surface area contributed by atoms with Crippen LogP contribution in [0.2, 0.25) is 5.02 Å². The van der Waals surface area contributed by atoms with Crippen molar-refractivity contribution in [2.45, 2.75) is 26.3 Å². The fraction of sp³-hybridized carbons (Fsp3) is 0.333. The van der Waals surface area contributed by atoms with Gasteiger partial charge in [0.15, 0.2) is 0 Å². The Morgan fingerprint density at radius 2 is 2.11 bits per heavy atom. The Morgan fingerprint density at radius 3 is 2.74 bits per heavy atom. The molecule has 2 nitrogen and oxygen atoms in total. The minimum absolute atomic E-state index is 0.00185. The summed E-state index contributed by atoms with van der Waals surface area (Å²) in [6, 6.07) is 8.29. The minimum atomic E-state index is -0.273. The molecule has 1 aromatic heterocycles. The van der Waals surface area contributed by atoms with Crippen molar-refractivity contribution in [1.82, 2.24) is 5.32 Å². The van der Waals surface area contributed by atoms with E-state index in [-0.39, 0.29) is 11.9 Å². The summed E-state index contributed by atoms with van der Waals surface area (Å²) >= 11 is 6.11. The van der Waals surface area contributed by atoms with Crippen LogP contribution in [0.25, 0.3) is 0 Å². The van der Waals surface area contributed by atoms with E-state index in [9.17, 15) is 4.39 Å². The van der Waals surface area contributed by atoms with E-state index in [1.807, 2.05) is 26.0 Å². The maximum absolute atomic E-state index is 13.3. The average Bonchev–Trinajstić information content (AvgIpc) is 2.80. The Bertz CT molecular complexity index is 553. The molecule has 2 aromatic rings. The minimum Gasteiger partial charge on any atom is -0.465 e. The van der Waals surface area contributed by atoms with Crippen molar-refractivity contribution in [3.63, 3.8) is 0 Å². The lowest BCUT2D eigenvalue weighted by Gasteiger charge is -2.16. The molecule has 4 heteroatoms. The highest BCUT2D eigenvalue weighted by Crippen LogP contribution is 2.25. The Hall–Kier alpha value is -1.32. The van der Waals surface area contributed by atoms with Crippen LogP contribution in [0.3, 0.4) is 0 Å². The summed E-state index contributed by atoms with van der Waals surface area (Å²) in [6.07, 6.45) is 0.595. The normalized spacial score (nSPS) is 12.6. The molecule has 1 heterocycles. The molecule has 2 rings (SSSR count). The van der Waals surface area contributed by atoms with Gasteiger partial charge in [0.1, 0.15) is 17.3 Å². The summed E-state index contributed by atoms with van der Waals surface area (Å²) in [5.74, 6) is 1.44. The third kappa shape index (κ3) is 3.58. The molecule has 0 spiro atoms. The summed E-state index contributed by atoms with van der Waals surface area (Å²) in [5, 5.41) is 3.91. The van der Waals surface area contributed by atoms with Gasteiger partial charge in [-0.15, -0.1) is 0 Å². The number of aryl methyl sites for hydroxylation is 1. The SMILES string of the molecule is CCNC(Cc1cc(F)ccc1Cl)c1ccc(C)o1. The second-order valence-corrected chi connectivity index (χ2v) is 4.91. The molecule has 0 saturated carbocycles. The molecule has 0 fully saturated rings. The smallest absolute Gasteiger partial charge is 0.123 e. The molecule has 1 aromatic carbocycles. The fourth-order valence-electron chi connectivity index (χ4n) is 2.08. The van der Waals surface area contributed by atoms with Gasteiger partial charge in [-0.3, -0.25) is 0 Å². The molecule has 0 radical (unpaired) electrons. The number of likely N-dealkylation sites (N-methyl/N-ethyl adjacent to an activating group) is 1. The first-order valence-electron chi connectivity index (χ1n) is 6.33. The first-order valence-corrected chi connectivity index (χ1v) is 6.71. The predicted octanol–water partition coefficient (Wildman–Crippen LogP) is 4.27. The largest absolute Gasteiger partial charge is 0.465 e. The maximum atomic E-state index is 13.3. The number of benzene rings is 1. The summed E-state index contributed by atoms with van der Waals surface area (Å²) < 4.78 is 18.9. The molecule has 1 N–H and O–H groups in total. The van der Waals surface area contributed by atoms with E-state index >= 15 is 0 Å². The molecular formula is C15H17ClFNO. The summed E-state index contributed by atoms with van der Waals surface area (Å²) in [4.78, 5) is 0. The van der Waals surface area contributed by atoms with Gasteiger partial charge in [0.25, 0.3) is 0 Å². The van der Waals surface area contributed by atoms with Crippen molar-refractivity contribution >= 4 is 11.6 Å². The van der Waals surface area contributed by atoms with Crippen molar-refractivity contribution < 1.29 is 8.81 Å². The van der Waals surface area contributed by atoms with Crippen LogP contribution in [0.1, 0.15) is 30.0 Å². The quantitative estimate of drug-likeness (QED) is 0.885. The Kier molecular flexibility index (Phi) is 4.61. The maximum Gasteiger partial charge on any atom is 0.123 e. The van der Waals surface area contributed by atoms with E-state index in [4.69, 9.17) is 16.0 Å². The molecule has 0 aliphatic carbocycles. The van der Waals surface area contributed by atoms with E-state index < -0.39 is 0 Å². The number of furan rings is 1. The lowest BCUT2D eigenvalue weighted by molar-refractivity contribution is 0.403. The molecule has 1 atom stereocenters. The van der Waals surface area contributed by atoms with Gasteiger partial charge in [0.05, 0.1) is 6.04 Å². The van der Waals surface area contributed by atoms with E-state index in [0.29, 0.717) is 11.4 Å². The number of rotatable bonds is 5. The van der Waals surface area contributed by atoms with Crippen LogP contribution >= 0.6 is 11.6 Å². The number of hydrogen-bond acceptors (Lipinski definition) is 2. The van der Waals surface area contributed by atoms with Crippen LogP contribution < -0.4 is 5.32 Å². The molecular weight excluding hydrogens is 265 g/mol. The topological polar surface area (TPSA) is 25.2 Å². The number of hydrogen-bond donors (Lipinski definition) is 1. The van der Waals surface area contributed by atoms with E-state index in [0.717, 1.165) is 23.6 Å². The van der Waals surface area contributed by atoms with E-state index in [1.165, 1.54) is 12.1 Å². The van der Waals surface area contributed by atoms with Crippen molar-refractivity contribution in [2.24, 2.45) is 0 Å². The van der Waals surface area contributed by atoms with Gasteiger partial charge in [-0.25, -0.2) is 4.39 Å². The standard InChI is InChI=1S/C15H17ClFNO/c1-3-18-14(15-7-4-10(2)19-15)9-11-8-12(17)5-6-13(11)16/h4-8,14,18H,3,9H2,1-2H3. The van der Waals surface area contributed by atoms with Crippen LogP contribution in [-0.4, -0.2) is 6.54 Å². The van der Waals surface area contributed by atoms with Gasteiger partial charge < -0.3 is 9.73 Å². The molecule has 0 aliphatic heterocycles. The number of halogens is 2. The zero-order chi connectivity index (χ0) is 13.8. The fourth-order valence-corrected chi connectivity index (χ4v) is 2.27. The average molecular weight is 282 g/mol. The Labute approximate surface area is 117 Å². The van der Waals surface area contributed by atoms with Crippen molar-refractivity contribution in [1.29, 1.82) is 0 Å². The molecule has 102 valence electrons. The Balaban J connectivity index is 2.23. The summed E-state index contributed by atoms with van der Waals surface area (Å²) in [6.45, 7) is 4.73. The van der Waals surface area contributed by atoms with Crippen LogP contribution in [0.5, 0.6) is 0 Å². The molecule has 19 heavy (non-hydrogen) atoms. The Morgan fingerprint density at radius 1 is 1.32 bits per heavy atom. The van der Waals surface area contributed by atoms with Crippen LogP contribution in [0, 0.1) is 12.7 Å². The van der Waals surface area contributed by atoms with Crippen LogP contribution in [0.4, 0.5) is 4.39 Å². The molecule has 0 aliphatic rings. The van der Waals surface area contributed by atoms with Gasteiger partial charge in [-0.05, 0) is 55.8 Å². The van der Waals surface area contributed by atoms with Gasteiger partial charge >= 0.3 is 0 Å². The summed E-state index contributed by atoms with van der Waals surface area (Å²) in [7, 11) is 0. The van der Waals surface area contributed by atoms with Crippen molar-refractivity contribution in [2.75, 3.05) is 6.54 Å². The lowest BCUT2D eigenvalue weighted by atomic mass is 10.0. The highest BCUT2D eigenvalue weighted by molar-refractivity contribution is 6.31. The zero-order valence-corrected chi connectivity index (χ0v) is 11.8. The monoisotopic (exact) mass is 281 g/mol. The highest BCUT2D eigenvalue weighted by Gasteiger charge is 2.16. The third-order valence-corrected chi connectivity index (χ3v) is 3.36. The van der Waals surface area contributed by atoms with Gasteiger partial charge in [-0.2, -0.15) is 0 Å². The van der Waals surface area contributed by atoms with Gasteiger partial charge in [0, 0.05) is 5.02 Å². The molecule has 1 unspecified atom stereocenters.